The number of nitrogens with zero attached hydrogens (tertiary/aromatic N) is 1. The molecule has 2 amide bonds. The highest BCUT2D eigenvalue weighted by molar-refractivity contribution is 6.05. The van der Waals surface area contributed by atoms with Crippen LogP contribution in [0.15, 0.2) is 42.5 Å². The lowest BCUT2D eigenvalue weighted by Gasteiger charge is -2.29. The molecule has 7 heteroatoms. The van der Waals surface area contributed by atoms with E-state index in [0.29, 0.717) is 22.9 Å². The van der Waals surface area contributed by atoms with Crippen LogP contribution in [-0.4, -0.2) is 32.1 Å². The van der Waals surface area contributed by atoms with E-state index in [4.69, 9.17) is 15.2 Å². The van der Waals surface area contributed by atoms with E-state index in [-0.39, 0.29) is 31.0 Å². The Bertz CT molecular complexity index is 818. The highest BCUT2D eigenvalue weighted by Crippen LogP contribution is 2.34. The van der Waals surface area contributed by atoms with Gasteiger partial charge in [0.05, 0.1) is 12.8 Å². The van der Waals surface area contributed by atoms with Crippen molar-refractivity contribution in [1.29, 1.82) is 0 Å². The first-order valence-corrected chi connectivity index (χ1v) is 8.24. The molecule has 0 aromatic heterocycles. The molecular formula is C19H21N3O4. The van der Waals surface area contributed by atoms with Crippen LogP contribution < -0.4 is 25.4 Å². The van der Waals surface area contributed by atoms with E-state index < -0.39 is 0 Å². The third-order valence-electron chi connectivity index (χ3n) is 4.13. The molecule has 1 aliphatic heterocycles. The van der Waals surface area contributed by atoms with Crippen molar-refractivity contribution in [3.63, 3.8) is 0 Å². The number of benzene rings is 2. The quantitative estimate of drug-likeness (QED) is 0.856. The maximum Gasteiger partial charge on any atom is 0.265 e. The number of carbonyl (C=O) groups excluding carboxylic acids is 2. The fraction of sp³-hybridized carbons (Fsp3) is 0.263. The zero-order chi connectivity index (χ0) is 18.7. The number of rotatable bonds is 5. The summed E-state index contributed by atoms with van der Waals surface area (Å²) in [6.45, 7) is 1.65. The van der Waals surface area contributed by atoms with Crippen LogP contribution in [0.1, 0.15) is 18.5 Å². The van der Waals surface area contributed by atoms with Crippen LogP contribution in [0.2, 0.25) is 0 Å². The van der Waals surface area contributed by atoms with E-state index in [1.54, 1.807) is 43.5 Å². The number of hydrogen-bond acceptors (Lipinski definition) is 5. The fourth-order valence-corrected chi connectivity index (χ4v) is 2.69. The molecule has 0 saturated carbocycles. The first kappa shape index (κ1) is 17.8. The molecule has 1 atom stereocenters. The maximum absolute atomic E-state index is 12.4. The van der Waals surface area contributed by atoms with Crippen LogP contribution in [0.5, 0.6) is 11.5 Å². The normalized spacial score (nSPS) is 14.3. The number of hydrogen-bond donors (Lipinski definition) is 2. The van der Waals surface area contributed by atoms with Gasteiger partial charge >= 0.3 is 0 Å². The van der Waals surface area contributed by atoms with Crippen LogP contribution in [0.4, 0.5) is 11.4 Å². The van der Waals surface area contributed by atoms with Crippen molar-refractivity contribution < 1.29 is 19.1 Å². The van der Waals surface area contributed by atoms with E-state index in [1.807, 2.05) is 13.0 Å². The summed E-state index contributed by atoms with van der Waals surface area (Å²) in [6, 6.07) is 12.2. The standard InChI is InChI=1S/C19H21N3O4/c1-12(20)13-3-8-17-16(9-13)22(19(24)11-26-17)10-18(23)21-14-4-6-15(25-2)7-5-14/h3-9,12H,10-11,20H2,1-2H3,(H,21,23). The van der Waals surface area contributed by atoms with Gasteiger partial charge < -0.3 is 20.5 Å². The predicted molar refractivity (Wildman–Crippen MR) is 98.5 cm³/mol. The van der Waals surface area contributed by atoms with E-state index in [1.165, 1.54) is 4.90 Å². The average Bonchev–Trinajstić information content (AvgIpc) is 2.64. The molecule has 0 bridgehead atoms. The third kappa shape index (κ3) is 3.78. The van der Waals surface area contributed by atoms with Crippen LogP contribution in [0, 0.1) is 0 Å². The highest BCUT2D eigenvalue weighted by atomic mass is 16.5. The Hall–Kier alpha value is -3.06. The van der Waals surface area contributed by atoms with E-state index in [2.05, 4.69) is 5.32 Å². The molecule has 7 nitrogen and oxygen atoms in total. The van der Waals surface area contributed by atoms with Gasteiger partial charge in [0, 0.05) is 11.7 Å². The number of anilines is 2. The molecule has 3 N–H and O–H groups in total. The summed E-state index contributed by atoms with van der Waals surface area (Å²) < 4.78 is 10.5. The molecule has 2 aromatic carbocycles. The van der Waals surface area contributed by atoms with Gasteiger partial charge in [0.25, 0.3) is 5.91 Å². The SMILES string of the molecule is COc1ccc(NC(=O)CN2C(=O)COc3ccc(C(C)N)cc32)cc1. The van der Waals surface area contributed by atoms with Crippen LogP contribution in [0.3, 0.4) is 0 Å². The second-order valence-corrected chi connectivity index (χ2v) is 6.06. The molecule has 0 aliphatic carbocycles. The minimum Gasteiger partial charge on any atom is -0.497 e. The molecule has 0 radical (unpaired) electrons. The first-order chi connectivity index (χ1) is 12.5. The Morgan fingerprint density at radius 1 is 1.31 bits per heavy atom. The fourth-order valence-electron chi connectivity index (χ4n) is 2.69. The molecule has 1 aliphatic rings. The third-order valence-corrected chi connectivity index (χ3v) is 4.13. The van der Waals surface area contributed by atoms with Crippen molar-refractivity contribution in [2.24, 2.45) is 5.73 Å². The van der Waals surface area contributed by atoms with Crippen molar-refractivity contribution in [1.82, 2.24) is 0 Å². The van der Waals surface area contributed by atoms with Gasteiger partial charge in [-0.3, -0.25) is 14.5 Å². The molecule has 0 spiro atoms. The molecule has 1 unspecified atom stereocenters. The summed E-state index contributed by atoms with van der Waals surface area (Å²) in [7, 11) is 1.57. The maximum atomic E-state index is 12.4. The van der Waals surface area contributed by atoms with Crippen molar-refractivity contribution in [2.45, 2.75) is 13.0 Å². The zero-order valence-corrected chi connectivity index (χ0v) is 14.7. The van der Waals surface area contributed by atoms with Gasteiger partial charge in [-0.15, -0.1) is 0 Å². The van der Waals surface area contributed by atoms with Crippen molar-refractivity contribution >= 4 is 23.2 Å². The molecule has 0 saturated heterocycles. The van der Waals surface area contributed by atoms with E-state index >= 15 is 0 Å². The summed E-state index contributed by atoms with van der Waals surface area (Å²) in [4.78, 5) is 26.1. The van der Waals surface area contributed by atoms with Crippen molar-refractivity contribution in [3.8, 4) is 11.5 Å². The van der Waals surface area contributed by atoms with Gasteiger partial charge in [-0.05, 0) is 48.9 Å². The number of fused-ring (bicyclic) bond motifs is 1. The Morgan fingerprint density at radius 3 is 2.69 bits per heavy atom. The zero-order valence-electron chi connectivity index (χ0n) is 14.7. The smallest absolute Gasteiger partial charge is 0.265 e. The van der Waals surface area contributed by atoms with Gasteiger partial charge in [0.15, 0.2) is 6.61 Å². The minimum atomic E-state index is -0.303. The lowest BCUT2D eigenvalue weighted by Crippen LogP contribution is -2.43. The Labute approximate surface area is 151 Å². The van der Waals surface area contributed by atoms with Gasteiger partial charge in [-0.25, -0.2) is 0 Å². The van der Waals surface area contributed by atoms with E-state index in [9.17, 15) is 9.59 Å². The highest BCUT2D eigenvalue weighted by Gasteiger charge is 2.28. The number of carbonyl (C=O) groups is 2. The lowest BCUT2D eigenvalue weighted by molar-refractivity contribution is -0.123. The van der Waals surface area contributed by atoms with Gasteiger partial charge in [-0.1, -0.05) is 6.07 Å². The Morgan fingerprint density at radius 2 is 2.04 bits per heavy atom. The monoisotopic (exact) mass is 355 g/mol. The number of nitrogens with two attached hydrogens (primary N) is 1. The summed E-state index contributed by atoms with van der Waals surface area (Å²) in [5, 5.41) is 2.78. The Kier molecular flexibility index (Phi) is 5.09. The lowest BCUT2D eigenvalue weighted by atomic mass is 10.1. The molecular weight excluding hydrogens is 334 g/mol. The summed E-state index contributed by atoms with van der Waals surface area (Å²) >= 11 is 0. The molecule has 26 heavy (non-hydrogen) atoms. The number of amides is 2. The number of methoxy groups -OCH3 is 1. The molecule has 1 heterocycles. The van der Waals surface area contributed by atoms with Crippen molar-refractivity contribution in [2.75, 3.05) is 30.5 Å². The molecule has 136 valence electrons. The first-order valence-electron chi connectivity index (χ1n) is 8.24. The minimum absolute atomic E-state index is 0.0969. The number of nitrogens with one attached hydrogen (secondary N) is 1. The van der Waals surface area contributed by atoms with Crippen LogP contribution >= 0.6 is 0 Å². The van der Waals surface area contributed by atoms with Gasteiger partial charge in [0.1, 0.15) is 18.0 Å². The molecule has 2 aromatic rings. The predicted octanol–water partition coefficient (Wildman–Crippen LogP) is 2.08. The second-order valence-electron chi connectivity index (χ2n) is 6.06. The summed E-state index contributed by atoms with van der Waals surface area (Å²) in [5.74, 6) is 0.682. The summed E-state index contributed by atoms with van der Waals surface area (Å²) in [5.41, 5.74) is 7.97. The number of ether oxygens (including phenoxy) is 2. The van der Waals surface area contributed by atoms with Gasteiger partial charge in [-0.2, -0.15) is 0 Å². The average molecular weight is 355 g/mol. The Balaban J connectivity index is 1.77. The largest absolute Gasteiger partial charge is 0.497 e. The van der Waals surface area contributed by atoms with Crippen LogP contribution in [0.25, 0.3) is 0 Å². The topological polar surface area (TPSA) is 93.9 Å². The van der Waals surface area contributed by atoms with Gasteiger partial charge in [0.2, 0.25) is 5.91 Å². The second kappa shape index (κ2) is 7.45. The van der Waals surface area contributed by atoms with E-state index in [0.717, 1.165) is 5.56 Å². The molecule has 3 rings (SSSR count). The van der Waals surface area contributed by atoms with Crippen molar-refractivity contribution in [3.05, 3.63) is 48.0 Å². The van der Waals surface area contributed by atoms with Crippen LogP contribution in [-0.2, 0) is 9.59 Å². The molecule has 0 fully saturated rings. The summed E-state index contributed by atoms with van der Waals surface area (Å²) in [6.07, 6.45) is 0.